The topological polar surface area (TPSA) is 58.6 Å². The summed E-state index contributed by atoms with van der Waals surface area (Å²) in [5, 5.41) is 2.47. The first-order chi connectivity index (χ1) is 8.49. The van der Waals surface area contributed by atoms with Crippen molar-refractivity contribution in [2.45, 2.75) is 51.2 Å². The molecule has 18 heavy (non-hydrogen) atoms. The predicted molar refractivity (Wildman–Crippen MR) is 67.1 cm³/mol. The summed E-state index contributed by atoms with van der Waals surface area (Å²) in [4.78, 5) is 25.8. The highest BCUT2D eigenvalue weighted by molar-refractivity contribution is 6.07. The molecule has 5 heteroatoms. The first-order valence-electron chi connectivity index (χ1n) is 6.65. The van der Waals surface area contributed by atoms with Crippen LogP contribution in [0, 0.1) is 5.92 Å². The van der Waals surface area contributed by atoms with Crippen LogP contribution < -0.4 is 5.32 Å². The minimum atomic E-state index is -0.623. The molecule has 1 N–H and O–H groups in total. The highest BCUT2D eigenvalue weighted by Crippen LogP contribution is 2.39. The number of methoxy groups -OCH3 is 1. The van der Waals surface area contributed by atoms with Crippen molar-refractivity contribution in [1.29, 1.82) is 0 Å². The first-order valence-corrected chi connectivity index (χ1v) is 6.65. The van der Waals surface area contributed by atoms with Gasteiger partial charge < -0.3 is 9.64 Å². The Hall–Kier alpha value is -1.10. The molecule has 1 aliphatic heterocycles. The van der Waals surface area contributed by atoms with Crippen molar-refractivity contribution in [1.82, 2.24) is 10.2 Å². The SMILES string of the molecule is COC(C)CN1C(=O)NC(=O)C12CCCC(C)C2. The van der Waals surface area contributed by atoms with E-state index in [1.165, 1.54) is 0 Å². The van der Waals surface area contributed by atoms with Crippen LogP contribution in [0.15, 0.2) is 0 Å². The maximum atomic E-state index is 12.2. The molecule has 2 fully saturated rings. The Balaban J connectivity index is 2.23. The molecular weight excluding hydrogens is 232 g/mol. The van der Waals surface area contributed by atoms with Crippen LogP contribution in [0.4, 0.5) is 4.79 Å². The number of ether oxygens (including phenoxy) is 1. The molecule has 2 rings (SSSR count). The molecule has 0 aromatic rings. The molecule has 0 radical (unpaired) electrons. The van der Waals surface area contributed by atoms with Crippen LogP contribution in [0.2, 0.25) is 0 Å². The van der Waals surface area contributed by atoms with Gasteiger partial charge in [-0.1, -0.05) is 19.8 Å². The summed E-state index contributed by atoms with van der Waals surface area (Å²) < 4.78 is 5.22. The molecule has 5 nitrogen and oxygen atoms in total. The van der Waals surface area contributed by atoms with Crippen LogP contribution in [0.5, 0.6) is 0 Å². The predicted octanol–water partition coefficient (Wildman–Crippen LogP) is 1.52. The third-order valence-corrected chi connectivity index (χ3v) is 4.22. The summed E-state index contributed by atoms with van der Waals surface area (Å²) >= 11 is 0. The van der Waals surface area contributed by atoms with Crippen molar-refractivity contribution in [3.05, 3.63) is 0 Å². The number of nitrogens with one attached hydrogen (secondary N) is 1. The number of amides is 3. The third kappa shape index (κ3) is 2.11. The highest BCUT2D eigenvalue weighted by Gasteiger charge is 2.54. The van der Waals surface area contributed by atoms with Crippen LogP contribution in [-0.4, -0.2) is 42.1 Å². The second kappa shape index (κ2) is 4.88. The Kier molecular flexibility index (Phi) is 3.61. The van der Waals surface area contributed by atoms with Gasteiger partial charge in [0.25, 0.3) is 5.91 Å². The fraction of sp³-hybridized carbons (Fsp3) is 0.846. The van der Waals surface area contributed by atoms with Gasteiger partial charge in [0.05, 0.1) is 6.10 Å². The third-order valence-electron chi connectivity index (χ3n) is 4.22. The number of hydrogen-bond acceptors (Lipinski definition) is 3. The molecule has 1 saturated heterocycles. The minimum absolute atomic E-state index is 0.0595. The van der Waals surface area contributed by atoms with E-state index in [1.54, 1.807) is 12.0 Å². The van der Waals surface area contributed by atoms with E-state index in [4.69, 9.17) is 4.74 Å². The van der Waals surface area contributed by atoms with Gasteiger partial charge in [-0.05, 0) is 25.7 Å². The molecule has 102 valence electrons. The molecule has 3 atom stereocenters. The van der Waals surface area contributed by atoms with Crippen molar-refractivity contribution in [3.8, 4) is 0 Å². The summed E-state index contributed by atoms with van der Waals surface area (Å²) in [7, 11) is 1.62. The summed E-state index contributed by atoms with van der Waals surface area (Å²) in [6.45, 7) is 4.53. The monoisotopic (exact) mass is 254 g/mol. The summed E-state index contributed by atoms with van der Waals surface area (Å²) in [5.74, 6) is 0.359. The number of carbonyl (C=O) groups excluding carboxylic acids is 2. The lowest BCUT2D eigenvalue weighted by Crippen LogP contribution is -2.54. The number of imide groups is 1. The van der Waals surface area contributed by atoms with E-state index in [1.807, 2.05) is 6.92 Å². The lowest BCUT2D eigenvalue weighted by atomic mass is 9.75. The number of urea groups is 1. The zero-order valence-electron chi connectivity index (χ0n) is 11.4. The van der Waals surface area contributed by atoms with E-state index in [0.717, 1.165) is 25.7 Å². The van der Waals surface area contributed by atoms with Crippen molar-refractivity contribution < 1.29 is 14.3 Å². The van der Waals surface area contributed by atoms with Gasteiger partial charge in [0.2, 0.25) is 0 Å². The molecule has 0 bridgehead atoms. The molecular formula is C13H22N2O3. The summed E-state index contributed by atoms with van der Waals surface area (Å²) in [6, 6.07) is -0.266. The van der Waals surface area contributed by atoms with Gasteiger partial charge >= 0.3 is 6.03 Å². The van der Waals surface area contributed by atoms with Crippen molar-refractivity contribution in [3.63, 3.8) is 0 Å². The second-order valence-corrected chi connectivity index (χ2v) is 5.65. The average molecular weight is 254 g/mol. The Morgan fingerprint density at radius 3 is 2.89 bits per heavy atom. The van der Waals surface area contributed by atoms with E-state index in [9.17, 15) is 9.59 Å². The lowest BCUT2D eigenvalue weighted by Gasteiger charge is -2.41. The highest BCUT2D eigenvalue weighted by atomic mass is 16.5. The molecule has 3 amide bonds. The van der Waals surface area contributed by atoms with Crippen molar-refractivity contribution >= 4 is 11.9 Å². The molecule has 0 aromatic heterocycles. The second-order valence-electron chi connectivity index (χ2n) is 5.65. The number of hydrogen-bond donors (Lipinski definition) is 1. The maximum Gasteiger partial charge on any atom is 0.325 e. The standard InChI is InChI=1S/C13H22N2O3/c1-9-5-4-6-13(7-9)11(16)14-12(17)15(13)8-10(2)18-3/h9-10H,4-8H2,1-3H3,(H,14,16,17). The molecule has 0 aromatic carbocycles. The molecule has 1 heterocycles. The fourth-order valence-electron chi connectivity index (χ4n) is 3.16. The van der Waals surface area contributed by atoms with Crippen molar-refractivity contribution in [2.24, 2.45) is 5.92 Å². The minimum Gasteiger partial charge on any atom is -0.380 e. The summed E-state index contributed by atoms with van der Waals surface area (Å²) in [6.07, 6.45) is 3.61. The average Bonchev–Trinajstić information content (AvgIpc) is 2.53. The maximum absolute atomic E-state index is 12.2. The quantitative estimate of drug-likeness (QED) is 0.777. The first kappa shape index (κ1) is 13.3. The molecule has 1 aliphatic carbocycles. The largest absolute Gasteiger partial charge is 0.380 e. The van der Waals surface area contributed by atoms with Gasteiger partial charge in [-0.25, -0.2) is 4.79 Å². The van der Waals surface area contributed by atoms with Gasteiger partial charge in [-0.15, -0.1) is 0 Å². The van der Waals surface area contributed by atoms with Crippen LogP contribution in [0.1, 0.15) is 39.5 Å². The number of nitrogens with zero attached hydrogens (tertiary/aromatic N) is 1. The van der Waals surface area contributed by atoms with Crippen LogP contribution in [-0.2, 0) is 9.53 Å². The van der Waals surface area contributed by atoms with Gasteiger partial charge in [0.15, 0.2) is 0 Å². The van der Waals surface area contributed by atoms with Crippen molar-refractivity contribution in [2.75, 3.05) is 13.7 Å². The Labute approximate surface area is 108 Å². The molecule has 1 spiro atoms. The van der Waals surface area contributed by atoms with Gasteiger partial charge in [-0.2, -0.15) is 0 Å². The van der Waals surface area contributed by atoms with Crippen LogP contribution in [0.25, 0.3) is 0 Å². The normalized spacial score (nSPS) is 33.9. The molecule has 1 saturated carbocycles. The van der Waals surface area contributed by atoms with Crippen LogP contribution in [0.3, 0.4) is 0 Å². The smallest absolute Gasteiger partial charge is 0.325 e. The lowest BCUT2D eigenvalue weighted by molar-refractivity contribution is -0.129. The van der Waals surface area contributed by atoms with Gasteiger partial charge in [-0.3, -0.25) is 10.1 Å². The number of rotatable bonds is 3. The molecule has 2 aliphatic rings. The fourth-order valence-corrected chi connectivity index (χ4v) is 3.16. The summed E-state index contributed by atoms with van der Waals surface area (Å²) in [5.41, 5.74) is -0.623. The van der Waals surface area contributed by atoms with E-state index in [0.29, 0.717) is 12.5 Å². The van der Waals surface area contributed by atoms with Gasteiger partial charge in [0, 0.05) is 13.7 Å². The zero-order chi connectivity index (χ0) is 13.3. The van der Waals surface area contributed by atoms with E-state index < -0.39 is 5.54 Å². The Morgan fingerprint density at radius 1 is 1.56 bits per heavy atom. The van der Waals surface area contributed by atoms with Crippen LogP contribution >= 0.6 is 0 Å². The van der Waals surface area contributed by atoms with E-state index in [-0.39, 0.29) is 18.0 Å². The zero-order valence-corrected chi connectivity index (χ0v) is 11.4. The van der Waals surface area contributed by atoms with E-state index in [2.05, 4.69) is 12.2 Å². The Bertz CT molecular complexity index is 358. The molecule has 3 unspecified atom stereocenters. The van der Waals surface area contributed by atoms with E-state index >= 15 is 0 Å². The Morgan fingerprint density at radius 2 is 2.28 bits per heavy atom. The number of carbonyl (C=O) groups is 2. The van der Waals surface area contributed by atoms with Gasteiger partial charge in [0.1, 0.15) is 5.54 Å².